The summed E-state index contributed by atoms with van der Waals surface area (Å²) in [5, 5.41) is 23.6. The van der Waals surface area contributed by atoms with Gasteiger partial charge in [-0.2, -0.15) is 5.10 Å². The maximum atomic E-state index is 11.0. The molecule has 0 saturated heterocycles. The van der Waals surface area contributed by atoms with Crippen molar-refractivity contribution in [2.45, 2.75) is 6.92 Å². The molecule has 1 aromatic heterocycles. The van der Waals surface area contributed by atoms with Crippen LogP contribution >= 0.6 is 11.3 Å². The number of hydrogen-bond donors (Lipinski definition) is 1. The number of nitrogens with one attached hydrogen (secondary N) is 1. The number of carboxylic acid groups (broad SMARTS) is 1. The molecule has 24 heavy (non-hydrogen) atoms. The lowest BCUT2D eigenvalue weighted by Gasteiger charge is -2.08. The number of hydrogen-bond acceptors (Lipinski definition) is 7. The fraction of sp³-hybridized carbons (Fsp3) is 0.0625. The molecule has 0 bridgehead atoms. The largest absolute Gasteiger partial charge is 0.545 e. The van der Waals surface area contributed by atoms with E-state index in [1.54, 1.807) is 25.1 Å². The molecule has 8 heteroatoms. The van der Waals surface area contributed by atoms with Crippen LogP contribution in [-0.2, 0) is 0 Å². The molecule has 3 rings (SSSR count). The van der Waals surface area contributed by atoms with Crippen LogP contribution in [0.15, 0.2) is 63.9 Å². The highest BCUT2D eigenvalue weighted by molar-refractivity contribution is 7.21. The van der Waals surface area contributed by atoms with Crippen LogP contribution in [0, 0.1) is 0 Å². The van der Waals surface area contributed by atoms with Crippen LogP contribution in [0.5, 0.6) is 0 Å². The van der Waals surface area contributed by atoms with Gasteiger partial charge < -0.3 is 9.90 Å². The molecule has 1 N–H and O–H groups in total. The molecule has 2 aromatic carbocycles. The number of carbonyl (C=O) groups excluding carboxylic acids is 1. The first-order chi connectivity index (χ1) is 11.6. The summed E-state index contributed by atoms with van der Waals surface area (Å²) >= 11 is 1.43. The van der Waals surface area contributed by atoms with Gasteiger partial charge >= 0.3 is 0 Å². The number of carbonyl (C=O) groups is 1. The fourth-order valence-corrected chi connectivity index (χ4v) is 2.73. The molecule has 3 aromatic rings. The second-order valence-corrected chi connectivity index (χ2v) is 5.78. The van der Waals surface area contributed by atoms with Crippen LogP contribution in [0.4, 0.5) is 10.8 Å². The molecular weight excluding hydrogens is 326 g/mol. The quantitative estimate of drug-likeness (QED) is 0.341. The average molecular weight is 338 g/mol. The van der Waals surface area contributed by atoms with Crippen LogP contribution in [0.3, 0.4) is 0 Å². The zero-order valence-corrected chi connectivity index (χ0v) is 13.4. The van der Waals surface area contributed by atoms with E-state index in [4.69, 9.17) is 0 Å². The van der Waals surface area contributed by atoms with Gasteiger partial charge in [0.05, 0.1) is 21.9 Å². The minimum Gasteiger partial charge on any atom is -0.545 e. The summed E-state index contributed by atoms with van der Waals surface area (Å²) in [5.74, 6) is -0.940. The second-order valence-electron chi connectivity index (χ2n) is 4.77. The van der Waals surface area contributed by atoms with Crippen molar-refractivity contribution < 1.29 is 9.90 Å². The molecular formula is C16H12N5O2S-. The molecule has 0 aliphatic rings. The maximum absolute atomic E-state index is 11.0. The predicted molar refractivity (Wildman–Crippen MR) is 91.6 cm³/mol. The first-order valence-corrected chi connectivity index (χ1v) is 7.83. The zero-order chi connectivity index (χ0) is 16.9. The lowest BCUT2D eigenvalue weighted by atomic mass is 10.2. The summed E-state index contributed by atoms with van der Waals surface area (Å²) in [6.45, 7) is 1.64. The zero-order valence-electron chi connectivity index (χ0n) is 12.6. The lowest BCUT2D eigenvalue weighted by Crippen LogP contribution is -2.23. The highest BCUT2D eigenvalue weighted by atomic mass is 32.1. The van der Waals surface area contributed by atoms with Crippen molar-refractivity contribution in [3.05, 3.63) is 54.1 Å². The number of fused-ring (bicyclic) bond motifs is 1. The smallest absolute Gasteiger partial charge is 0.231 e. The standard InChI is InChI=1S/C16H13N5O2S/c1-10(18-20-12-7-3-2-6-11(12)15(22)23)19-21-16-17-13-8-4-5-9-14(13)24-16/h2-9,20H,1H3,(H,22,23)/p-1. The molecule has 1 heterocycles. The van der Waals surface area contributed by atoms with Crippen molar-refractivity contribution in [2.75, 3.05) is 5.43 Å². The molecule has 0 unspecified atom stereocenters. The van der Waals surface area contributed by atoms with Gasteiger partial charge in [-0.1, -0.05) is 41.7 Å². The molecule has 0 spiro atoms. The van der Waals surface area contributed by atoms with E-state index in [0.717, 1.165) is 10.2 Å². The van der Waals surface area contributed by atoms with Gasteiger partial charge in [-0.25, -0.2) is 4.98 Å². The first kappa shape index (κ1) is 15.8. The number of nitrogens with zero attached hydrogens (tertiary/aromatic N) is 4. The number of aromatic carboxylic acids is 1. The van der Waals surface area contributed by atoms with Crippen molar-refractivity contribution in [3.8, 4) is 0 Å². The highest BCUT2D eigenvalue weighted by Gasteiger charge is 2.02. The van der Waals surface area contributed by atoms with E-state index in [0.29, 0.717) is 16.7 Å². The number of anilines is 1. The summed E-state index contributed by atoms with van der Waals surface area (Å²) in [7, 11) is 0. The van der Waals surface area contributed by atoms with Crippen LogP contribution in [-0.4, -0.2) is 16.8 Å². The van der Waals surface area contributed by atoms with Gasteiger partial charge in [0.15, 0.2) is 5.84 Å². The van der Waals surface area contributed by atoms with Gasteiger partial charge in [0.2, 0.25) is 5.13 Å². The number of hydrazone groups is 1. The van der Waals surface area contributed by atoms with Gasteiger partial charge in [0.1, 0.15) is 0 Å². The molecule has 0 atom stereocenters. The number of aromatic nitrogens is 1. The van der Waals surface area contributed by atoms with Crippen molar-refractivity contribution >= 4 is 44.2 Å². The van der Waals surface area contributed by atoms with Gasteiger partial charge in [-0.15, -0.1) is 10.2 Å². The normalized spacial score (nSPS) is 12.0. The first-order valence-electron chi connectivity index (χ1n) is 7.01. The summed E-state index contributed by atoms with van der Waals surface area (Å²) in [6, 6.07) is 14.1. The number of thiazole rings is 1. The SMILES string of the molecule is CC(N=Nc1nc2ccccc2s1)=NNc1ccccc1C(=O)[O-]. The van der Waals surface area contributed by atoms with E-state index in [-0.39, 0.29) is 5.56 Å². The second kappa shape index (κ2) is 6.97. The summed E-state index contributed by atoms with van der Waals surface area (Å²) in [4.78, 5) is 15.4. The Labute approximate surface area is 141 Å². The van der Waals surface area contributed by atoms with Crippen LogP contribution < -0.4 is 10.5 Å². The Balaban J connectivity index is 1.73. The Morgan fingerprint density at radius 1 is 1.17 bits per heavy atom. The van der Waals surface area contributed by atoms with Crippen molar-refractivity contribution in [3.63, 3.8) is 0 Å². The Morgan fingerprint density at radius 2 is 1.92 bits per heavy atom. The number of benzene rings is 2. The van der Waals surface area contributed by atoms with E-state index < -0.39 is 5.97 Å². The molecule has 0 radical (unpaired) electrons. The highest BCUT2D eigenvalue weighted by Crippen LogP contribution is 2.27. The van der Waals surface area contributed by atoms with Crippen LogP contribution in [0.25, 0.3) is 10.2 Å². The average Bonchev–Trinajstić information content (AvgIpc) is 3.01. The predicted octanol–water partition coefficient (Wildman–Crippen LogP) is 3.19. The van der Waals surface area contributed by atoms with Gasteiger partial charge in [0, 0.05) is 5.56 Å². The molecule has 7 nitrogen and oxygen atoms in total. The lowest BCUT2D eigenvalue weighted by molar-refractivity contribution is -0.254. The minimum atomic E-state index is -1.28. The number of carboxylic acids is 1. The Bertz CT molecular complexity index is 915. The Morgan fingerprint density at radius 3 is 2.71 bits per heavy atom. The molecule has 0 saturated carbocycles. The Hall–Kier alpha value is -3.13. The topological polar surface area (TPSA) is 102 Å². The van der Waals surface area contributed by atoms with Crippen molar-refractivity contribution in [1.29, 1.82) is 0 Å². The summed E-state index contributed by atoms with van der Waals surface area (Å²) in [6.07, 6.45) is 0. The molecule has 0 aliphatic carbocycles. The summed E-state index contributed by atoms with van der Waals surface area (Å²) < 4.78 is 1.03. The van der Waals surface area contributed by atoms with Gasteiger partial charge in [0.25, 0.3) is 0 Å². The van der Waals surface area contributed by atoms with E-state index in [2.05, 4.69) is 25.7 Å². The van der Waals surface area contributed by atoms with Crippen LogP contribution in [0.2, 0.25) is 0 Å². The maximum Gasteiger partial charge on any atom is 0.231 e. The molecule has 0 aliphatic heterocycles. The van der Waals surface area contributed by atoms with Gasteiger partial charge in [-0.3, -0.25) is 5.43 Å². The van der Waals surface area contributed by atoms with E-state index >= 15 is 0 Å². The molecule has 0 fully saturated rings. The number of amidine groups is 1. The third-order valence-electron chi connectivity index (χ3n) is 3.05. The Kier molecular flexibility index (Phi) is 4.57. The molecule has 0 amide bonds. The van der Waals surface area contributed by atoms with Crippen molar-refractivity contribution in [1.82, 2.24) is 4.98 Å². The number of rotatable bonds is 4. The van der Waals surface area contributed by atoms with E-state index in [9.17, 15) is 9.90 Å². The molecule has 120 valence electrons. The summed E-state index contributed by atoms with van der Waals surface area (Å²) in [5.41, 5.74) is 3.87. The van der Waals surface area contributed by atoms with Gasteiger partial charge in [-0.05, 0) is 25.1 Å². The number of azo groups is 1. The van der Waals surface area contributed by atoms with E-state index in [1.807, 2.05) is 24.3 Å². The third kappa shape index (κ3) is 3.61. The monoisotopic (exact) mass is 338 g/mol. The van der Waals surface area contributed by atoms with Crippen LogP contribution in [0.1, 0.15) is 17.3 Å². The van der Waals surface area contributed by atoms with E-state index in [1.165, 1.54) is 17.4 Å². The van der Waals surface area contributed by atoms with Crippen molar-refractivity contribution in [2.24, 2.45) is 15.3 Å². The third-order valence-corrected chi connectivity index (χ3v) is 3.97. The fourth-order valence-electron chi connectivity index (χ4n) is 1.94. The minimum absolute atomic E-state index is 0.0251. The number of para-hydroxylation sites is 2.